The van der Waals surface area contributed by atoms with E-state index in [0.717, 1.165) is 29.2 Å². The number of furan rings is 1. The van der Waals surface area contributed by atoms with Crippen molar-refractivity contribution in [3.63, 3.8) is 0 Å². The van der Waals surface area contributed by atoms with E-state index >= 15 is 0 Å². The summed E-state index contributed by atoms with van der Waals surface area (Å²) in [4.78, 5) is 13.0. The van der Waals surface area contributed by atoms with Crippen molar-refractivity contribution in [1.82, 2.24) is 0 Å². The molecule has 1 aromatic heterocycles. The Morgan fingerprint density at radius 3 is 2.46 bits per heavy atom. The Labute approximate surface area is 152 Å². The second-order valence-corrected chi connectivity index (χ2v) is 7.71. The smallest absolute Gasteiger partial charge is 0.201 e. The lowest BCUT2D eigenvalue weighted by Gasteiger charge is -2.44. The third kappa shape index (κ3) is 2.29. The van der Waals surface area contributed by atoms with Gasteiger partial charge in [-0.25, -0.2) is 0 Å². The lowest BCUT2D eigenvalue weighted by atomic mass is 9.58. The van der Waals surface area contributed by atoms with Gasteiger partial charge in [0.05, 0.1) is 0 Å². The summed E-state index contributed by atoms with van der Waals surface area (Å²) in [7, 11) is 0. The van der Waals surface area contributed by atoms with Crippen molar-refractivity contribution in [3.05, 3.63) is 84.1 Å². The molecule has 128 valence electrons. The number of ketones is 1. The molecule has 0 radical (unpaired) electrons. The summed E-state index contributed by atoms with van der Waals surface area (Å²) in [6.45, 7) is 2.25. The topological polar surface area (TPSA) is 30.2 Å². The Balaban J connectivity index is 1.44. The van der Waals surface area contributed by atoms with E-state index in [-0.39, 0.29) is 17.1 Å². The number of carbonyl (C=O) groups is 1. The molecular weight excluding hydrogens is 320 g/mol. The highest BCUT2D eigenvalue weighted by atomic mass is 16.3. The molecule has 0 unspecified atom stereocenters. The third-order valence-corrected chi connectivity index (χ3v) is 5.90. The Morgan fingerprint density at radius 2 is 1.65 bits per heavy atom. The molecule has 0 atom stereocenters. The second kappa shape index (κ2) is 5.57. The van der Waals surface area contributed by atoms with Crippen molar-refractivity contribution in [1.29, 1.82) is 0 Å². The first kappa shape index (κ1) is 15.4. The fraction of sp³-hybridized carbons (Fsp3) is 0.208. The van der Waals surface area contributed by atoms with Gasteiger partial charge in [0.1, 0.15) is 5.58 Å². The van der Waals surface area contributed by atoms with Gasteiger partial charge >= 0.3 is 0 Å². The van der Waals surface area contributed by atoms with E-state index in [4.69, 9.17) is 4.42 Å². The van der Waals surface area contributed by atoms with E-state index in [2.05, 4.69) is 43.3 Å². The minimum atomic E-state index is 0.0482. The molecular formula is C24H20O2. The van der Waals surface area contributed by atoms with Crippen LogP contribution in [0.1, 0.15) is 35.9 Å². The largest absolute Gasteiger partial charge is 0.453 e. The number of hydrogen-bond donors (Lipinski definition) is 0. The molecule has 4 aromatic rings. The first-order valence-electron chi connectivity index (χ1n) is 9.15. The molecule has 0 spiro atoms. The summed E-state index contributed by atoms with van der Waals surface area (Å²) in [6, 6.07) is 24.6. The van der Waals surface area contributed by atoms with E-state index < -0.39 is 0 Å². The first-order valence-corrected chi connectivity index (χ1v) is 9.15. The molecule has 0 aliphatic heterocycles. The van der Waals surface area contributed by atoms with E-state index in [1.165, 1.54) is 10.9 Å². The number of carbonyl (C=O) groups excluding carboxylic acids is 1. The number of benzene rings is 3. The SMILES string of the molecule is CC1(c2ccccc2)CC(C(=O)c2cc3c(ccc4ccccc43)o2)C1. The minimum Gasteiger partial charge on any atom is -0.453 e. The summed E-state index contributed by atoms with van der Waals surface area (Å²) in [5.74, 6) is 0.683. The van der Waals surface area contributed by atoms with Gasteiger partial charge in [0.2, 0.25) is 5.78 Å². The zero-order valence-electron chi connectivity index (χ0n) is 14.7. The molecule has 1 heterocycles. The van der Waals surface area contributed by atoms with Crippen molar-refractivity contribution in [2.45, 2.75) is 25.2 Å². The van der Waals surface area contributed by atoms with Gasteiger partial charge in [0, 0.05) is 11.3 Å². The quantitative estimate of drug-likeness (QED) is 0.420. The predicted octanol–water partition coefficient (Wildman–Crippen LogP) is 6.14. The van der Waals surface area contributed by atoms with Crippen LogP contribution in [-0.4, -0.2) is 5.78 Å². The van der Waals surface area contributed by atoms with Crippen LogP contribution in [0.4, 0.5) is 0 Å². The highest BCUT2D eigenvalue weighted by Gasteiger charge is 2.45. The predicted molar refractivity (Wildman–Crippen MR) is 105 cm³/mol. The normalized spacial score (nSPS) is 22.4. The Hall–Kier alpha value is -2.87. The van der Waals surface area contributed by atoms with Gasteiger partial charge in [0.25, 0.3) is 0 Å². The van der Waals surface area contributed by atoms with Gasteiger partial charge in [-0.2, -0.15) is 0 Å². The van der Waals surface area contributed by atoms with Gasteiger partial charge in [-0.1, -0.05) is 67.6 Å². The molecule has 0 amide bonds. The summed E-state index contributed by atoms with van der Waals surface area (Å²) in [5.41, 5.74) is 2.21. The molecule has 1 fully saturated rings. The number of hydrogen-bond acceptors (Lipinski definition) is 2. The standard InChI is InChI=1S/C24H20O2/c1-24(18-8-3-2-4-9-18)14-17(15-24)23(25)22-13-20-19-10-6-5-7-16(19)11-12-21(20)26-22/h2-13,17H,14-15H2,1H3. The molecule has 1 aliphatic rings. The molecule has 0 N–H and O–H groups in total. The highest BCUT2D eigenvalue weighted by Crippen LogP contribution is 2.48. The van der Waals surface area contributed by atoms with E-state index in [1.54, 1.807) is 0 Å². The first-order chi connectivity index (χ1) is 12.6. The Morgan fingerprint density at radius 1 is 0.923 bits per heavy atom. The van der Waals surface area contributed by atoms with Crippen LogP contribution in [0.3, 0.4) is 0 Å². The maximum absolute atomic E-state index is 13.0. The van der Waals surface area contributed by atoms with Crippen molar-refractivity contribution >= 4 is 27.5 Å². The van der Waals surface area contributed by atoms with Gasteiger partial charge in [-0.05, 0) is 46.7 Å². The van der Waals surface area contributed by atoms with Gasteiger partial charge in [0.15, 0.2) is 5.76 Å². The molecule has 2 heteroatoms. The van der Waals surface area contributed by atoms with Crippen LogP contribution in [0.2, 0.25) is 0 Å². The molecule has 26 heavy (non-hydrogen) atoms. The number of rotatable bonds is 3. The van der Waals surface area contributed by atoms with Crippen LogP contribution in [-0.2, 0) is 5.41 Å². The molecule has 2 nitrogen and oxygen atoms in total. The van der Waals surface area contributed by atoms with Crippen molar-refractivity contribution in [2.24, 2.45) is 5.92 Å². The van der Waals surface area contributed by atoms with Crippen molar-refractivity contribution < 1.29 is 9.21 Å². The fourth-order valence-electron chi connectivity index (χ4n) is 4.40. The Kier molecular flexibility index (Phi) is 3.30. The van der Waals surface area contributed by atoms with Crippen LogP contribution < -0.4 is 0 Å². The molecule has 0 bridgehead atoms. The van der Waals surface area contributed by atoms with Crippen molar-refractivity contribution in [2.75, 3.05) is 0 Å². The maximum atomic E-state index is 13.0. The lowest BCUT2D eigenvalue weighted by Crippen LogP contribution is -2.42. The molecule has 1 saturated carbocycles. The van der Waals surface area contributed by atoms with E-state index in [9.17, 15) is 4.79 Å². The molecule has 3 aromatic carbocycles. The number of fused-ring (bicyclic) bond motifs is 3. The van der Waals surface area contributed by atoms with E-state index in [0.29, 0.717) is 5.76 Å². The van der Waals surface area contributed by atoms with E-state index in [1.807, 2.05) is 36.4 Å². The van der Waals surface area contributed by atoms with Gasteiger partial charge in [-0.15, -0.1) is 0 Å². The summed E-state index contributed by atoms with van der Waals surface area (Å²) in [6.07, 6.45) is 1.77. The Bertz CT molecular complexity index is 1110. The average molecular weight is 340 g/mol. The zero-order chi connectivity index (χ0) is 17.7. The molecule has 5 rings (SSSR count). The third-order valence-electron chi connectivity index (χ3n) is 5.90. The maximum Gasteiger partial charge on any atom is 0.201 e. The van der Waals surface area contributed by atoms with Crippen LogP contribution >= 0.6 is 0 Å². The molecule has 0 saturated heterocycles. The monoisotopic (exact) mass is 340 g/mol. The fourth-order valence-corrected chi connectivity index (χ4v) is 4.40. The van der Waals surface area contributed by atoms with Gasteiger partial charge in [-0.3, -0.25) is 4.79 Å². The van der Waals surface area contributed by atoms with Crippen LogP contribution in [0.25, 0.3) is 21.7 Å². The zero-order valence-corrected chi connectivity index (χ0v) is 14.7. The summed E-state index contributed by atoms with van der Waals surface area (Å²) >= 11 is 0. The summed E-state index contributed by atoms with van der Waals surface area (Å²) < 4.78 is 5.92. The number of Topliss-reactive ketones (excluding diaryl/α,β-unsaturated/α-hetero) is 1. The van der Waals surface area contributed by atoms with Crippen molar-refractivity contribution in [3.8, 4) is 0 Å². The highest BCUT2D eigenvalue weighted by molar-refractivity contribution is 6.09. The van der Waals surface area contributed by atoms with Crippen LogP contribution in [0, 0.1) is 5.92 Å². The van der Waals surface area contributed by atoms with Gasteiger partial charge < -0.3 is 4.42 Å². The van der Waals surface area contributed by atoms with Crippen LogP contribution in [0.5, 0.6) is 0 Å². The lowest BCUT2D eigenvalue weighted by molar-refractivity contribution is 0.0707. The summed E-state index contributed by atoms with van der Waals surface area (Å²) in [5, 5.41) is 3.33. The average Bonchev–Trinajstić information content (AvgIpc) is 3.10. The molecule has 1 aliphatic carbocycles. The second-order valence-electron chi connectivity index (χ2n) is 7.71. The minimum absolute atomic E-state index is 0.0482. The van der Waals surface area contributed by atoms with Crippen LogP contribution in [0.15, 0.2) is 77.2 Å².